The Balaban J connectivity index is 1.68. The first-order chi connectivity index (χ1) is 13.1. The number of aryl methyl sites for hydroxylation is 2. The Morgan fingerprint density at radius 2 is 1.78 bits per heavy atom. The van der Waals surface area contributed by atoms with Gasteiger partial charge in [0.05, 0.1) is 0 Å². The van der Waals surface area contributed by atoms with Gasteiger partial charge >= 0.3 is 5.97 Å². The molecule has 0 saturated carbocycles. The Bertz CT molecular complexity index is 935. The van der Waals surface area contributed by atoms with Crippen molar-refractivity contribution in [1.82, 2.24) is 20.2 Å². The molecule has 2 aromatic carbocycles. The first-order valence-corrected chi connectivity index (χ1v) is 8.53. The molecular formula is C20H20N4O3. The zero-order chi connectivity index (χ0) is 19.1. The summed E-state index contributed by atoms with van der Waals surface area (Å²) in [4.78, 5) is 12.6. The number of aromatic nitrogens is 4. The minimum atomic E-state index is -0.525. The van der Waals surface area contributed by atoms with Crippen molar-refractivity contribution in [1.29, 1.82) is 0 Å². The van der Waals surface area contributed by atoms with E-state index in [4.69, 9.17) is 9.47 Å². The molecule has 0 unspecified atom stereocenters. The van der Waals surface area contributed by atoms with Crippen LogP contribution in [0.4, 0.5) is 0 Å². The molecule has 1 aromatic heterocycles. The molecule has 0 atom stereocenters. The molecule has 27 heavy (non-hydrogen) atoms. The van der Waals surface area contributed by atoms with Gasteiger partial charge < -0.3 is 9.47 Å². The number of nitrogens with zero attached hydrogens (tertiary/aromatic N) is 4. The molecule has 1 heterocycles. The monoisotopic (exact) mass is 364 g/mol. The predicted octanol–water partition coefficient (Wildman–Crippen LogP) is 2.91. The topological polar surface area (TPSA) is 79.1 Å². The third-order valence-electron chi connectivity index (χ3n) is 3.83. The molecule has 3 rings (SSSR count). The van der Waals surface area contributed by atoms with E-state index < -0.39 is 5.97 Å². The van der Waals surface area contributed by atoms with Crippen molar-refractivity contribution < 1.29 is 14.3 Å². The van der Waals surface area contributed by atoms with Gasteiger partial charge in [-0.25, -0.2) is 4.79 Å². The minimum Gasteiger partial charge on any atom is -0.490 e. The van der Waals surface area contributed by atoms with Gasteiger partial charge in [-0.05, 0) is 47.5 Å². The van der Waals surface area contributed by atoms with Crippen molar-refractivity contribution in [2.24, 2.45) is 0 Å². The second-order valence-corrected chi connectivity index (χ2v) is 5.83. The second-order valence-electron chi connectivity index (χ2n) is 5.83. The number of esters is 1. The third kappa shape index (κ3) is 4.78. The van der Waals surface area contributed by atoms with Gasteiger partial charge in [0.1, 0.15) is 19.0 Å². The van der Waals surface area contributed by atoms with Crippen molar-refractivity contribution in [3.8, 4) is 5.75 Å². The maximum Gasteiger partial charge on any atom is 0.357 e. The van der Waals surface area contributed by atoms with Crippen LogP contribution < -0.4 is 4.74 Å². The number of rotatable bonds is 7. The quantitative estimate of drug-likeness (QED) is 0.364. The molecule has 7 heteroatoms. The van der Waals surface area contributed by atoms with E-state index in [-0.39, 0.29) is 18.9 Å². The van der Waals surface area contributed by atoms with Crippen molar-refractivity contribution in [2.75, 3.05) is 13.2 Å². The van der Waals surface area contributed by atoms with Gasteiger partial charge in [0.25, 0.3) is 0 Å². The first-order valence-electron chi connectivity index (χ1n) is 8.53. The second kappa shape index (κ2) is 8.75. The zero-order valence-corrected chi connectivity index (χ0v) is 15.2. The summed E-state index contributed by atoms with van der Waals surface area (Å²) in [6, 6.07) is 17.1. The third-order valence-corrected chi connectivity index (χ3v) is 3.83. The summed E-state index contributed by atoms with van der Waals surface area (Å²) in [6.07, 6.45) is 1.69. The molecule has 0 amide bonds. The van der Waals surface area contributed by atoms with Gasteiger partial charge in [-0.3, -0.25) is 0 Å². The van der Waals surface area contributed by atoms with E-state index in [1.54, 1.807) is 13.0 Å². The van der Waals surface area contributed by atoms with Crippen LogP contribution in [0.1, 0.15) is 17.0 Å². The highest BCUT2D eigenvalue weighted by molar-refractivity contribution is 6.15. The maximum atomic E-state index is 12.6. The fourth-order valence-electron chi connectivity index (χ4n) is 2.45. The average molecular weight is 364 g/mol. The number of hydrogen-bond acceptors (Lipinski definition) is 6. The Hall–Kier alpha value is -3.48. The van der Waals surface area contributed by atoms with Crippen molar-refractivity contribution in [3.05, 3.63) is 71.5 Å². The fraction of sp³-hybridized carbons (Fsp3) is 0.200. The Morgan fingerprint density at radius 1 is 1.04 bits per heavy atom. The summed E-state index contributed by atoms with van der Waals surface area (Å²) < 4.78 is 12.4. The smallest absolute Gasteiger partial charge is 0.357 e. The van der Waals surface area contributed by atoms with E-state index in [0.29, 0.717) is 5.82 Å². The fourth-order valence-corrected chi connectivity index (χ4v) is 2.45. The molecule has 0 N–H and O–H groups in total. The SMILES string of the molecule is Cc1ccccc1OCCOC(=O)/C(=C/c1ccccc1)n1nnnc1C. The van der Waals surface area contributed by atoms with Gasteiger partial charge in [0, 0.05) is 0 Å². The Labute approximate surface area is 157 Å². The lowest BCUT2D eigenvalue weighted by atomic mass is 10.2. The molecule has 0 fully saturated rings. The van der Waals surface area contributed by atoms with Crippen molar-refractivity contribution in [3.63, 3.8) is 0 Å². The lowest BCUT2D eigenvalue weighted by molar-refractivity contribution is -0.137. The summed E-state index contributed by atoms with van der Waals surface area (Å²) in [5, 5.41) is 11.3. The largest absolute Gasteiger partial charge is 0.490 e. The van der Waals surface area contributed by atoms with E-state index in [2.05, 4.69) is 15.5 Å². The van der Waals surface area contributed by atoms with E-state index in [1.165, 1.54) is 4.68 Å². The van der Waals surface area contributed by atoms with E-state index in [0.717, 1.165) is 16.9 Å². The van der Waals surface area contributed by atoms with E-state index in [1.807, 2.05) is 61.5 Å². The molecule has 0 radical (unpaired) electrons. The molecule has 0 aliphatic carbocycles. The summed E-state index contributed by atoms with van der Waals surface area (Å²) in [5.74, 6) is 0.734. The standard InChI is InChI=1S/C20H20N4O3/c1-15-8-6-7-11-19(15)26-12-13-27-20(25)18(24-16(2)21-22-23-24)14-17-9-4-3-5-10-17/h3-11,14H,12-13H2,1-2H3/b18-14-. The molecule has 0 spiro atoms. The molecule has 0 saturated heterocycles. The Kier molecular flexibility index (Phi) is 5.94. The lowest BCUT2D eigenvalue weighted by Gasteiger charge is -2.11. The van der Waals surface area contributed by atoms with Gasteiger partial charge in [-0.15, -0.1) is 5.10 Å². The molecule has 0 aliphatic rings. The highest BCUT2D eigenvalue weighted by Gasteiger charge is 2.17. The number of hydrogen-bond donors (Lipinski definition) is 0. The van der Waals surface area contributed by atoms with Crippen molar-refractivity contribution >= 4 is 17.7 Å². The highest BCUT2D eigenvalue weighted by atomic mass is 16.6. The molecule has 7 nitrogen and oxygen atoms in total. The maximum absolute atomic E-state index is 12.6. The molecule has 3 aromatic rings. The highest BCUT2D eigenvalue weighted by Crippen LogP contribution is 2.16. The van der Waals surface area contributed by atoms with Crippen LogP contribution in [0.15, 0.2) is 54.6 Å². The van der Waals surface area contributed by atoms with Crippen LogP contribution in [0, 0.1) is 13.8 Å². The van der Waals surface area contributed by atoms with Gasteiger partial charge in [-0.2, -0.15) is 4.68 Å². The first kappa shape index (κ1) is 18.3. The molecule has 0 aliphatic heterocycles. The lowest BCUT2D eigenvalue weighted by Crippen LogP contribution is -2.18. The number of carbonyl (C=O) groups excluding carboxylic acids is 1. The summed E-state index contributed by atoms with van der Waals surface area (Å²) in [5.41, 5.74) is 2.10. The van der Waals surface area contributed by atoms with Crippen LogP contribution in [-0.2, 0) is 9.53 Å². The predicted molar refractivity (Wildman–Crippen MR) is 101 cm³/mol. The number of benzene rings is 2. The van der Waals surface area contributed by atoms with Crippen LogP contribution in [0.25, 0.3) is 11.8 Å². The van der Waals surface area contributed by atoms with Crippen LogP contribution in [0.2, 0.25) is 0 Å². The zero-order valence-electron chi connectivity index (χ0n) is 15.2. The van der Waals surface area contributed by atoms with E-state index >= 15 is 0 Å². The minimum absolute atomic E-state index is 0.112. The van der Waals surface area contributed by atoms with Crippen LogP contribution in [-0.4, -0.2) is 39.4 Å². The normalized spacial score (nSPS) is 11.3. The van der Waals surface area contributed by atoms with Crippen LogP contribution in [0.5, 0.6) is 5.75 Å². The van der Waals surface area contributed by atoms with Gasteiger partial charge in [-0.1, -0.05) is 48.5 Å². The molecule has 0 bridgehead atoms. The Morgan fingerprint density at radius 3 is 2.48 bits per heavy atom. The summed E-state index contributed by atoms with van der Waals surface area (Å²) in [6.45, 7) is 4.04. The average Bonchev–Trinajstić information content (AvgIpc) is 3.11. The summed E-state index contributed by atoms with van der Waals surface area (Å²) in [7, 11) is 0. The van der Waals surface area contributed by atoms with Gasteiger partial charge in [0.2, 0.25) is 0 Å². The van der Waals surface area contributed by atoms with Crippen molar-refractivity contribution in [2.45, 2.75) is 13.8 Å². The van der Waals surface area contributed by atoms with Crippen LogP contribution in [0.3, 0.4) is 0 Å². The van der Waals surface area contributed by atoms with Crippen LogP contribution >= 0.6 is 0 Å². The number of carbonyl (C=O) groups is 1. The number of tetrazole rings is 1. The van der Waals surface area contributed by atoms with E-state index in [9.17, 15) is 4.79 Å². The molecular weight excluding hydrogens is 344 g/mol. The van der Waals surface area contributed by atoms with Gasteiger partial charge in [0.15, 0.2) is 11.5 Å². The summed E-state index contributed by atoms with van der Waals surface area (Å²) >= 11 is 0. The number of ether oxygens (including phenoxy) is 2. The molecule has 138 valence electrons. The number of para-hydroxylation sites is 1.